The fourth-order valence-electron chi connectivity index (χ4n) is 2.12. The molecule has 0 bridgehead atoms. The molecule has 0 radical (unpaired) electrons. The first-order chi connectivity index (χ1) is 12.3. The average molecular weight is 375 g/mol. The van der Waals surface area contributed by atoms with E-state index in [0.29, 0.717) is 10.6 Å². The number of benzene rings is 2. The second-order valence-corrected chi connectivity index (χ2v) is 6.51. The molecule has 2 rings (SSSR count). The number of hydrogen-bond acceptors (Lipinski definition) is 4. The summed E-state index contributed by atoms with van der Waals surface area (Å²) in [5.74, 6) is -1.70. The molecule has 0 spiro atoms. The lowest BCUT2D eigenvalue weighted by molar-refractivity contribution is -0.153. The number of nitrogens with one attached hydrogen (secondary N) is 2. The van der Waals surface area contributed by atoms with Gasteiger partial charge in [0, 0.05) is 10.6 Å². The fourth-order valence-corrected chi connectivity index (χ4v) is 2.25. The van der Waals surface area contributed by atoms with Crippen LogP contribution in [0.25, 0.3) is 0 Å². The van der Waals surface area contributed by atoms with E-state index in [2.05, 4.69) is 10.9 Å². The SMILES string of the molecule is CC(C)(C(=O)OCC(=O)NNC(=O)c1ccc(Cl)cc1)c1ccccc1. The van der Waals surface area contributed by atoms with Gasteiger partial charge in [0.25, 0.3) is 11.8 Å². The molecule has 136 valence electrons. The topological polar surface area (TPSA) is 84.5 Å². The van der Waals surface area contributed by atoms with Crippen molar-refractivity contribution < 1.29 is 19.1 Å². The molecule has 0 aromatic heterocycles. The second kappa shape index (κ2) is 8.49. The van der Waals surface area contributed by atoms with E-state index >= 15 is 0 Å². The maximum atomic E-state index is 12.3. The lowest BCUT2D eigenvalue weighted by atomic mass is 9.85. The van der Waals surface area contributed by atoms with Crippen LogP contribution < -0.4 is 10.9 Å². The van der Waals surface area contributed by atoms with Gasteiger partial charge in [0.15, 0.2) is 6.61 Å². The third-order valence-electron chi connectivity index (χ3n) is 3.76. The van der Waals surface area contributed by atoms with E-state index in [1.54, 1.807) is 26.0 Å². The van der Waals surface area contributed by atoms with Gasteiger partial charge in [-0.25, -0.2) is 0 Å². The van der Waals surface area contributed by atoms with Crippen molar-refractivity contribution in [3.05, 3.63) is 70.7 Å². The molecule has 0 fully saturated rings. The van der Waals surface area contributed by atoms with Crippen molar-refractivity contribution in [2.45, 2.75) is 19.3 Å². The molecule has 2 aromatic carbocycles. The van der Waals surface area contributed by atoms with Crippen molar-refractivity contribution in [2.24, 2.45) is 0 Å². The quantitative estimate of drug-likeness (QED) is 0.622. The standard InChI is InChI=1S/C19H19ClN2O4/c1-19(2,14-6-4-3-5-7-14)18(25)26-12-16(23)21-22-17(24)13-8-10-15(20)11-9-13/h3-11H,12H2,1-2H3,(H,21,23)(H,22,24). The van der Waals surface area contributed by atoms with E-state index in [4.69, 9.17) is 16.3 Å². The number of amides is 2. The van der Waals surface area contributed by atoms with Gasteiger partial charge in [0.2, 0.25) is 0 Å². The number of carbonyl (C=O) groups is 3. The molecule has 2 amide bonds. The first-order valence-electron chi connectivity index (χ1n) is 7.88. The van der Waals surface area contributed by atoms with Crippen LogP contribution in [0, 0.1) is 0 Å². The molecule has 7 heteroatoms. The predicted octanol–water partition coefficient (Wildman–Crippen LogP) is 2.62. The van der Waals surface area contributed by atoms with Crippen LogP contribution >= 0.6 is 11.6 Å². The van der Waals surface area contributed by atoms with E-state index in [9.17, 15) is 14.4 Å². The number of carbonyl (C=O) groups excluding carboxylic acids is 3. The number of hydrogen-bond donors (Lipinski definition) is 2. The molecule has 0 atom stereocenters. The molecule has 26 heavy (non-hydrogen) atoms. The average Bonchev–Trinajstić information content (AvgIpc) is 2.65. The largest absolute Gasteiger partial charge is 0.455 e. The molecular weight excluding hydrogens is 356 g/mol. The van der Waals surface area contributed by atoms with Gasteiger partial charge >= 0.3 is 5.97 Å². The fraction of sp³-hybridized carbons (Fsp3) is 0.211. The Kier molecular flexibility index (Phi) is 6.36. The highest BCUT2D eigenvalue weighted by Crippen LogP contribution is 2.24. The summed E-state index contributed by atoms with van der Waals surface area (Å²) in [6, 6.07) is 15.3. The van der Waals surface area contributed by atoms with Gasteiger partial charge in [-0.2, -0.15) is 0 Å². The maximum absolute atomic E-state index is 12.3. The summed E-state index contributed by atoms with van der Waals surface area (Å²) in [6.45, 7) is 2.92. The third-order valence-corrected chi connectivity index (χ3v) is 4.01. The van der Waals surface area contributed by atoms with Crippen LogP contribution in [-0.2, 0) is 19.7 Å². The van der Waals surface area contributed by atoms with Crippen LogP contribution in [0.2, 0.25) is 5.02 Å². The van der Waals surface area contributed by atoms with E-state index < -0.39 is 29.8 Å². The number of ether oxygens (including phenoxy) is 1. The number of esters is 1. The second-order valence-electron chi connectivity index (χ2n) is 6.08. The lowest BCUT2D eigenvalue weighted by Crippen LogP contribution is -2.44. The summed E-state index contributed by atoms with van der Waals surface area (Å²) in [5.41, 5.74) is 4.65. The van der Waals surface area contributed by atoms with Crippen LogP contribution in [-0.4, -0.2) is 24.4 Å². The Bertz CT molecular complexity index is 789. The molecule has 2 N–H and O–H groups in total. The Morgan fingerprint density at radius 2 is 1.58 bits per heavy atom. The Labute approximate surface area is 156 Å². The van der Waals surface area contributed by atoms with E-state index in [-0.39, 0.29) is 0 Å². The summed E-state index contributed by atoms with van der Waals surface area (Å²) in [4.78, 5) is 35.9. The normalized spacial score (nSPS) is 10.7. The highest BCUT2D eigenvalue weighted by molar-refractivity contribution is 6.30. The van der Waals surface area contributed by atoms with Crippen molar-refractivity contribution in [1.29, 1.82) is 0 Å². The molecule has 0 saturated carbocycles. The molecule has 0 aliphatic heterocycles. The van der Waals surface area contributed by atoms with Gasteiger partial charge in [-0.1, -0.05) is 41.9 Å². The van der Waals surface area contributed by atoms with Gasteiger partial charge in [0.1, 0.15) is 0 Å². The first kappa shape index (κ1) is 19.5. The van der Waals surface area contributed by atoms with Crippen molar-refractivity contribution in [3.63, 3.8) is 0 Å². The zero-order chi connectivity index (χ0) is 19.2. The van der Waals surface area contributed by atoms with Gasteiger partial charge in [-0.15, -0.1) is 0 Å². The minimum Gasteiger partial charge on any atom is -0.455 e. The van der Waals surface area contributed by atoms with Crippen LogP contribution in [0.15, 0.2) is 54.6 Å². The Morgan fingerprint density at radius 1 is 0.962 bits per heavy atom. The molecule has 0 saturated heterocycles. The van der Waals surface area contributed by atoms with Crippen LogP contribution in [0.1, 0.15) is 29.8 Å². The van der Waals surface area contributed by atoms with Gasteiger partial charge in [-0.3, -0.25) is 25.2 Å². The van der Waals surface area contributed by atoms with E-state index in [1.807, 2.05) is 30.3 Å². The Hall–Kier alpha value is -2.86. The van der Waals surface area contributed by atoms with Gasteiger partial charge in [-0.05, 0) is 43.7 Å². The summed E-state index contributed by atoms with van der Waals surface area (Å²) < 4.78 is 5.06. The van der Waals surface area contributed by atoms with Crippen molar-refractivity contribution in [2.75, 3.05) is 6.61 Å². The lowest BCUT2D eigenvalue weighted by Gasteiger charge is -2.22. The number of hydrazine groups is 1. The minimum absolute atomic E-state index is 0.330. The molecule has 0 aliphatic rings. The predicted molar refractivity (Wildman–Crippen MR) is 97.5 cm³/mol. The van der Waals surface area contributed by atoms with Crippen molar-refractivity contribution in [1.82, 2.24) is 10.9 Å². The molecule has 0 unspecified atom stereocenters. The molecule has 0 aliphatic carbocycles. The number of halogens is 1. The van der Waals surface area contributed by atoms with Gasteiger partial charge in [0.05, 0.1) is 5.41 Å². The summed E-state index contributed by atoms with van der Waals surface area (Å²) in [5, 5.41) is 0.499. The smallest absolute Gasteiger partial charge is 0.316 e. The van der Waals surface area contributed by atoms with Crippen LogP contribution in [0.5, 0.6) is 0 Å². The minimum atomic E-state index is -0.895. The number of rotatable bonds is 5. The molecule has 0 heterocycles. The summed E-state index contributed by atoms with van der Waals surface area (Å²) >= 11 is 5.75. The maximum Gasteiger partial charge on any atom is 0.316 e. The highest BCUT2D eigenvalue weighted by atomic mass is 35.5. The van der Waals surface area contributed by atoms with Crippen LogP contribution in [0.3, 0.4) is 0 Å². The van der Waals surface area contributed by atoms with Crippen LogP contribution in [0.4, 0.5) is 0 Å². The zero-order valence-electron chi connectivity index (χ0n) is 14.4. The third kappa shape index (κ3) is 5.07. The first-order valence-corrected chi connectivity index (χ1v) is 8.26. The Balaban J connectivity index is 1.82. The van der Waals surface area contributed by atoms with Gasteiger partial charge < -0.3 is 4.74 Å². The molecule has 6 nitrogen and oxygen atoms in total. The zero-order valence-corrected chi connectivity index (χ0v) is 15.2. The molecule has 2 aromatic rings. The van der Waals surface area contributed by atoms with E-state index in [0.717, 1.165) is 5.56 Å². The monoisotopic (exact) mass is 374 g/mol. The summed E-state index contributed by atoms with van der Waals surface area (Å²) in [7, 11) is 0. The van der Waals surface area contributed by atoms with E-state index in [1.165, 1.54) is 12.1 Å². The highest BCUT2D eigenvalue weighted by Gasteiger charge is 2.31. The van der Waals surface area contributed by atoms with Crippen molar-refractivity contribution in [3.8, 4) is 0 Å². The van der Waals surface area contributed by atoms with Crippen molar-refractivity contribution >= 4 is 29.4 Å². The molecular formula is C19H19ClN2O4. The Morgan fingerprint density at radius 3 is 2.19 bits per heavy atom. The summed E-state index contributed by atoms with van der Waals surface area (Å²) in [6.07, 6.45) is 0.